The Balaban J connectivity index is 2.42. The number of benzene rings is 1. The minimum absolute atomic E-state index is 0.187. The molecule has 0 spiro atoms. The maximum atomic E-state index is 11.3. The highest BCUT2D eigenvalue weighted by atomic mass is 16.3. The Morgan fingerprint density at radius 1 is 1.22 bits per heavy atom. The molecule has 0 amide bonds. The number of aliphatic imine (C=N–C) groups is 1. The number of allylic oxidation sites excluding steroid dienone is 3. The van der Waals surface area contributed by atoms with Crippen LogP contribution in [0.2, 0.25) is 0 Å². The van der Waals surface area contributed by atoms with E-state index in [9.17, 15) is 9.90 Å². The summed E-state index contributed by atoms with van der Waals surface area (Å²) in [6.07, 6.45) is 3.04. The molecule has 18 heavy (non-hydrogen) atoms. The van der Waals surface area contributed by atoms with Crippen LogP contribution in [0.5, 0.6) is 5.75 Å². The normalized spacial score (nSPS) is 17.7. The fourth-order valence-corrected chi connectivity index (χ4v) is 1.65. The highest BCUT2D eigenvalue weighted by molar-refractivity contribution is 6.21. The zero-order valence-electron chi connectivity index (χ0n) is 10.3. The summed E-state index contributed by atoms with van der Waals surface area (Å²) in [5.41, 5.74) is 8.68. The zero-order valence-corrected chi connectivity index (χ0v) is 10.3. The summed E-state index contributed by atoms with van der Waals surface area (Å²) in [4.78, 5) is 15.8. The van der Waals surface area contributed by atoms with Crippen LogP contribution in [0.1, 0.15) is 12.5 Å². The van der Waals surface area contributed by atoms with Gasteiger partial charge in [0.1, 0.15) is 5.75 Å². The first-order valence-corrected chi connectivity index (χ1v) is 5.56. The van der Waals surface area contributed by atoms with Crippen LogP contribution in [0, 0.1) is 6.92 Å². The average molecular weight is 242 g/mol. The van der Waals surface area contributed by atoms with Gasteiger partial charge in [0.25, 0.3) is 0 Å². The molecule has 0 heterocycles. The number of ketones is 1. The highest BCUT2D eigenvalue weighted by Crippen LogP contribution is 2.23. The standard InChI is InChI=1S/C14H14N2O2/c1-8-6-14(18)11(15)7-12(8)16-10-3-4-13(17)9(2)5-10/h3-7,17H,15H2,1-2H3. The minimum atomic E-state index is -0.187. The monoisotopic (exact) mass is 242 g/mol. The Morgan fingerprint density at radius 3 is 2.61 bits per heavy atom. The molecule has 4 nitrogen and oxygen atoms in total. The average Bonchev–Trinajstić information content (AvgIpc) is 2.31. The number of hydrogen-bond donors (Lipinski definition) is 2. The Morgan fingerprint density at radius 2 is 1.94 bits per heavy atom. The highest BCUT2D eigenvalue weighted by Gasteiger charge is 2.13. The summed E-state index contributed by atoms with van der Waals surface area (Å²) in [6, 6.07) is 5.08. The van der Waals surface area contributed by atoms with Gasteiger partial charge in [0.05, 0.1) is 17.1 Å². The molecule has 0 saturated carbocycles. The summed E-state index contributed by atoms with van der Waals surface area (Å²) < 4.78 is 0. The third-order valence-corrected chi connectivity index (χ3v) is 2.76. The summed E-state index contributed by atoms with van der Waals surface area (Å²) in [5, 5.41) is 9.44. The van der Waals surface area contributed by atoms with E-state index in [-0.39, 0.29) is 17.2 Å². The minimum Gasteiger partial charge on any atom is -0.508 e. The maximum absolute atomic E-state index is 11.3. The van der Waals surface area contributed by atoms with Gasteiger partial charge in [0, 0.05) is 0 Å². The molecule has 1 aromatic rings. The van der Waals surface area contributed by atoms with E-state index < -0.39 is 0 Å². The zero-order chi connectivity index (χ0) is 13.3. The lowest BCUT2D eigenvalue weighted by atomic mass is 10.0. The van der Waals surface area contributed by atoms with E-state index in [2.05, 4.69) is 4.99 Å². The van der Waals surface area contributed by atoms with Gasteiger partial charge in [0.2, 0.25) is 5.78 Å². The molecule has 0 aromatic heterocycles. The summed E-state index contributed by atoms with van der Waals surface area (Å²) in [6.45, 7) is 3.61. The quantitative estimate of drug-likeness (QED) is 0.741. The van der Waals surface area contributed by atoms with Crippen molar-refractivity contribution in [2.45, 2.75) is 13.8 Å². The van der Waals surface area contributed by atoms with Crippen LogP contribution in [-0.2, 0) is 4.79 Å². The van der Waals surface area contributed by atoms with Crippen molar-refractivity contribution in [3.05, 3.63) is 47.2 Å². The molecule has 1 aromatic carbocycles. The van der Waals surface area contributed by atoms with Gasteiger partial charge in [-0.05, 0) is 55.3 Å². The van der Waals surface area contributed by atoms with Gasteiger partial charge in [-0.25, -0.2) is 4.99 Å². The Bertz CT molecular complexity index is 610. The van der Waals surface area contributed by atoms with Crippen LogP contribution < -0.4 is 5.73 Å². The summed E-state index contributed by atoms with van der Waals surface area (Å²) in [5.74, 6) is 0.0495. The van der Waals surface area contributed by atoms with E-state index >= 15 is 0 Å². The van der Waals surface area contributed by atoms with Gasteiger partial charge in [-0.2, -0.15) is 0 Å². The molecule has 1 aliphatic rings. The molecule has 0 fully saturated rings. The number of hydrogen-bond acceptors (Lipinski definition) is 4. The van der Waals surface area contributed by atoms with Crippen LogP contribution in [0.3, 0.4) is 0 Å². The molecule has 2 rings (SSSR count). The second-order valence-corrected chi connectivity index (χ2v) is 4.26. The molecule has 0 atom stereocenters. The topological polar surface area (TPSA) is 75.7 Å². The fourth-order valence-electron chi connectivity index (χ4n) is 1.65. The largest absolute Gasteiger partial charge is 0.508 e. The van der Waals surface area contributed by atoms with Crippen LogP contribution in [0.4, 0.5) is 5.69 Å². The van der Waals surface area contributed by atoms with E-state index in [1.54, 1.807) is 31.2 Å². The van der Waals surface area contributed by atoms with Crippen molar-refractivity contribution < 1.29 is 9.90 Å². The number of aromatic hydroxyl groups is 1. The molecular weight excluding hydrogens is 228 g/mol. The van der Waals surface area contributed by atoms with Gasteiger partial charge >= 0.3 is 0 Å². The lowest BCUT2D eigenvalue weighted by Crippen LogP contribution is -2.17. The summed E-state index contributed by atoms with van der Waals surface area (Å²) >= 11 is 0. The number of phenolic OH excluding ortho intramolecular Hbond substituents is 1. The third-order valence-electron chi connectivity index (χ3n) is 2.76. The van der Waals surface area contributed by atoms with Crippen LogP contribution in [0.25, 0.3) is 0 Å². The van der Waals surface area contributed by atoms with E-state index in [4.69, 9.17) is 5.73 Å². The smallest absolute Gasteiger partial charge is 0.201 e. The fraction of sp³-hybridized carbons (Fsp3) is 0.143. The number of nitrogens with two attached hydrogens (primary N) is 1. The van der Waals surface area contributed by atoms with Crippen molar-refractivity contribution >= 4 is 17.2 Å². The second kappa shape index (κ2) is 4.49. The number of phenols is 1. The predicted molar refractivity (Wildman–Crippen MR) is 71.0 cm³/mol. The number of rotatable bonds is 1. The van der Waals surface area contributed by atoms with Gasteiger partial charge in [0.15, 0.2) is 0 Å². The van der Waals surface area contributed by atoms with E-state index in [1.165, 1.54) is 6.08 Å². The first-order valence-electron chi connectivity index (χ1n) is 5.56. The van der Waals surface area contributed by atoms with Crippen molar-refractivity contribution in [1.82, 2.24) is 0 Å². The van der Waals surface area contributed by atoms with E-state index in [0.717, 1.165) is 11.1 Å². The molecular formula is C14H14N2O2. The second-order valence-electron chi connectivity index (χ2n) is 4.26. The Kier molecular flexibility index (Phi) is 3.02. The number of carbonyl (C=O) groups is 1. The van der Waals surface area contributed by atoms with Crippen molar-refractivity contribution in [3.8, 4) is 5.75 Å². The van der Waals surface area contributed by atoms with Gasteiger partial charge in [-0.3, -0.25) is 4.79 Å². The first kappa shape index (κ1) is 12.1. The molecule has 0 saturated heterocycles. The lowest BCUT2D eigenvalue weighted by molar-refractivity contribution is -0.111. The van der Waals surface area contributed by atoms with Gasteiger partial charge in [-0.15, -0.1) is 0 Å². The van der Waals surface area contributed by atoms with E-state index in [1.807, 2.05) is 6.92 Å². The van der Waals surface area contributed by atoms with Gasteiger partial charge < -0.3 is 10.8 Å². The number of aryl methyl sites for hydroxylation is 1. The molecule has 0 aliphatic heterocycles. The van der Waals surface area contributed by atoms with Crippen LogP contribution in [-0.4, -0.2) is 16.6 Å². The molecule has 1 aliphatic carbocycles. The predicted octanol–water partition coefficient (Wildman–Crippen LogP) is 2.14. The number of carbonyl (C=O) groups excluding carboxylic acids is 1. The molecule has 0 bridgehead atoms. The maximum Gasteiger partial charge on any atom is 0.201 e. The summed E-state index contributed by atoms with van der Waals surface area (Å²) in [7, 11) is 0. The van der Waals surface area contributed by atoms with E-state index in [0.29, 0.717) is 11.4 Å². The lowest BCUT2D eigenvalue weighted by Gasteiger charge is -2.09. The Hall–Kier alpha value is -2.36. The number of nitrogens with zero attached hydrogens (tertiary/aromatic N) is 1. The third kappa shape index (κ3) is 2.32. The van der Waals surface area contributed by atoms with Gasteiger partial charge in [-0.1, -0.05) is 0 Å². The molecule has 4 heteroatoms. The molecule has 0 unspecified atom stereocenters. The first-order chi connectivity index (χ1) is 8.47. The molecule has 0 radical (unpaired) electrons. The van der Waals surface area contributed by atoms with Crippen LogP contribution in [0.15, 0.2) is 46.6 Å². The van der Waals surface area contributed by atoms with Crippen molar-refractivity contribution in [2.24, 2.45) is 10.7 Å². The van der Waals surface area contributed by atoms with Crippen LogP contribution >= 0.6 is 0 Å². The van der Waals surface area contributed by atoms with Crippen molar-refractivity contribution in [2.75, 3.05) is 0 Å². The molecule has 92 valence electrons. The Labute approximate surface area is 105 Å². The van der Waals surface area contributed by atoms with Crippen molar-refractivity contribution in [3.63, 3.8) is 0 Å². The SMILES string of the molecule is CC1=CC(=O)C(N)=CC1=Nc1ccc(O)c(C)c1. The molecule has 3 N–H and O–H groups in total. The van der Waals surface area contributed by atoms with Crippen molar-refractivity contribution in [1.29, 1.82) is 0 Å².